The summed E-state index contributed by atoms with van der Waals surface area (Å²) in [7, 11) is 0. The van der Waals surface area contributed by atoms with Crippen molar-refractivity contribution in [3.63, 3.8) is 0 Å². The summed E-state index contributed by atoms with van der Waals surface area (Å²) in [5, 5.41) is 3.28. The van der Waals surface area contributed by atoms with Crippen molar-refractivity contribution in [2.24, 2.45) is 0 Å². The summed E-state index contributed by atoms with van der Waals surface area (Å²) in [6, 6.07) is 8.27. The van der Waals surface area contributed by atoms with Crippen molar-refractivity contribution < 1.29 is 4.79 Å². The number of nitrogens with zero attached hydrogens (tertiary/aromatic N) is 1. The summed E-state index contributed by atoms with van der Waals surface area (Å²) in [6.07, 6.45) is 3.32. The standard InChI is InChI=1S/C16H24N2O/c1-16(2,3)17-12-15(19)18-11-7-6-9-13-8-4-5-10-14(13)18/h4-5,8,10,17H,6-7,9,11-12H2,1-3H3. The molecule has 1 aromatic carbocycles. The molecular formula is C16H24N2O. The van der Waals surface area contributed by atoms with E-state index in [1.807, 2.05) is 11.0 Å². The lowest BCUT2D eigenvalue weighted by Gasteiger charge is -2.26. The quantitative estimate of drug-likeness (QED) is 0.887. The predicted octanol–water partition coefficient (Wildman–Crippen LogP) is 2.74. The minimum atomic E-state index is -0.0268. The lowest BCUT2D eigenvalue weighted by atomic mass is 10.1. The molecule has 1 aliphatic rings. The van der Waals surface area contributed by atoms with Gasteiger partial charge >= 0.3 is 0 Å². The molecule has 0 aromatic heterocycles. The lowest BCUT2D eigenvalue weighted by molar-refractivity contribution is -0.118. The molecule has 0 unspecified atom stereocenters. The second-order valence-corrected chi connectivity index (χ2v) is 6.23. The smallest absolute Gasteiger partial charge is 0.240 e. The largest absolute Gasteiger partial charge is 0.311 e. The van der Waals surface area contributed by atoms with Gasteiger partial charge in [-0.2, -0.15) is 0 Å². The number of fused-ring (bicyclic) bond motifs is 1. The monoisotopic (exact) mass is 260 g/mol. The fraction of sp³-hybridized carbons (Fsp3) is 0.562. The van der Waals surface area contributed by atoms with E-state index in [2.05, 4.69) is 44.3 Å². The van der Waals surface area contributed by atoms with Crippen LogP contribution in [-0.2, 0) is 11.2 Å². The van der Waals surface area contributed by atoms with Gasteiger partial charge in [-0.1, -0.05) is 18.2 Å². The highest BCUT2D eigenvalue weighted by Crippen LogP contribution is 2.26. The van der Waals surface area contributed by atoms with E-state index in [9.17, 15) is 4.79 Å². The number of hydrogen-bond acceptors (Lipinski definition) is 2. The number of carbonyl (C=O) groups excluding carboxylic acids is 1. The normalized spacial score (nSPS) is 15.8. The third-order valence-corrected chi connectivity index (χ3v) is 3.43. The number of benzene rings is 1. The maximum absolute atomic E-state index is 12.4. The van der Waals surface area contributed by atoms with Crippen molar-refractivity contribution in [2.75, 3.05) is 18.0 Å². The molecule has 1 aromatic rings. The fourth-order valence-electron chi connectivity index (χ4n) is 2.39. The molecule has 1 aliphatic heterocycles. The topological polar surface area (TPSA) is 32.3 Å². The van der Waals surface area contributed by atoms with Crippen LogP contribution in [-0.4, -0.2) is 24.5 Å². The fourth-order valence-corrected chi connectivity index (χ4v) is 2.39. The zero-order valence-electron chi connectivity index (χ0n) is 12.2. The van der Waals surface area contributed by atoms with Crippen LogP contribution in [0.2, 0.25) is 0 Å². The van der Waals surface area contributed by atoms with Gasteiger partial charge in [-0.05, 0) is 51.7 Å². The number of carbonyl (C=O) groups is 1. The highest BCUT2D eigenvalue weighted by Gasteiger charge is 2.21. The van der Waals surface area contributed by atoms with E-state index in [4.69, 9.17) is 0 Å². The van der Waals surface area contributed by atoms with Gasteiger partial charge in [-0.15, -0.1) is 0 Å². The van der Waals surface area contributed by atoms with Gasteiger partial charge in [0.25, 0.3) is 0 Å². The molecule has 1 heterocycles. The molecule has 1 amide bonds. The van der Waals surface area contributed by atoms with Gasteiger partial charge in [0.05, 0.1) is 6.54 Å². The van der Waals surface area contributed by atoms with Crippen LogP contribution >= 0.6 is 0 Å². The molecule has 19 heavy (non-hydrogen) atoms. The van der Waals surface area contributed by atoms with Crippen molar-refractivity contribution in [1.29, 1.82) is 0 Å². The molecule has 0 radical (unpaired) electrons. The van der Waals surface area contributed by atoms with Gasteiger partial charge in [0.1, 0.15) is 0 Å². The first-order chi connectivity index (χ1) is 8.97. The van der Waals surface area contributed by atoms with Crippen LogP contribution in [0.15, 0.2) is 24.3 Å². The van der Waals surface area contributed by atoms with Crippen molar-refractivity contribution in [1.82, 2.24) is 5.32 Å². The Balaban J connectivity index is 2.13. The van der Waals surface area contributed by atoms with Gasteiger partial charge in [-0.3, -0.25) is 4.79 Å². The summed E-state index contributed by atoms with van der Waals surface area (Å²) in [5.74, 6) is 0.171. The summed E-state index contributed by atoms with van der Waals surface area (Å²) in [6.45, 7) is 7.48. The summed E-state index contributed by atoms with van der Waals surface area (Å²) < 4.78 is 0. The number of para-hydroxylation sites is 1. The molecule has 0 fully saturated rings. The Kier molecular flexibility index (Phi) is 4.25. The SMILES string of the molecule is CC(C)(C)NCC(=O)N1CCCCc2ccccc21. The van der Waals surface area contributed by atoms with Gasteiger partial charge in [-0.25, -0.2) is 0 Å². The molecule has 0 saturated carbocycles. The first kappa shape index (κ1) is 14.1. The number of anilines is 1. The van der Waals surface area contributed by atoms with E-state index in [1.165, 1.54) is 5.56 Å². The molecule has 2 rings (SSSR count). The molecule has 0 bridgehead atoms. The van der Waals surface area contributed by atoms with E-state index in [0.29, 0.717) is 6.54 Å². The zero-order valence-corrected chi connectivity index (χ0v) is 12.2. The average molecular weight is 260 g/mol. The van der Waals surface area contributed by atoms with Crippen LogP contribution in [0.4, 0.5) is 5.69 Å². The Hall–Kier alpha value is -1.35. The number of amides is 1. The zero-order chi connectivity index (χ0) is 13.9. The minimum absolute atomic E-state index is 0.0268. The highest BCUT2D eigenvalue weighted by molar-refractivity contribution is 5.95. The Bertz CT molecular complexity index is 448. The first-order valence-electron chi connectivity index (χ1n) is 7.11. The van der Waals surface area contributed by atoms with E-state index < -0.39 is 0 Å². The molecule has 0 spiro atoms. The van der Waals surface area contributed by atoms with Crippen molar-refractivity contribution in [3.8, 4) is 0 Å². The Morgan fingerprint density at radius 2 is 2.00 bits per heavy atom. The van der Waals surface area contributed by atoms with E-state index in [1.54, 1.807) is 0 Å². The molecule has 3 nitrogen and oxygen atoms in total. The Labute approximate surface area is 116 Å². The molecule has 0 aliphatic carbocycles. The highest BCUT2D eigenvalue weighted by atomic mass is 16.2. The van der Waals surface area contributed by atoms with Crippen LogP contribution in [0, 0.1) is 0 Å². The van der Waals surface area contributed by atoms with Gasteiger partial charge < -0.3 is 10.2 Å². The second-order valence-electron chi connectivity index (χ2n) is 6.23. The lowest BCUT2D eigenvalue weighted by Crippen LogP contribution is -2.45. The first-order valence-corrected chi connectivity index (χ1v) is 7.11. The van der Waals surface area contributed by atoms with E-state index >= 15 is 0 Å². The molecule has 104 valence electrons. The summed E-state index contributed by atoms with van der Waals surface area (Å²) in [5.41, 5.74) is 2.37. The summed E-state index contributed by atoms with van der Waals surface area (Å²) in [4.78, 5) is 14.4. The molecule has 1 N–H and O–H groups in total. The number of nitrogens with one attached hydrogen (secondary N) is 1. The van der Waals surface area contributed by atoms with E-state index in [0.717, 1.165) is 31.5 Å². The Morgan fingerprint density at radius 3 is 2.74 bits per heavy atom. The number of aryl methyl sites for hydroxylation is 1. The average Bonchev–Trinajstić information content (AvgIpc) is 2.57. The predicted molar refractivity (Wildman–Crippen MR) is 79.5 cm³/mol. The van der Waals surface area contributed by atoms with Crippen LogP contribution < -0.4 is 10.2 Å². The van der Waals surface area contributed by atoms with Crippen molar-refractivity contribution >= 4 is 11.6 Å². The Morgan fingerprint density at radius 1 is 1.26 bits per heavy atom. The van der Waals surface area contributed by atoms with Crippen LogP contribution in [0.5, 0.6) is 0 Å². The second kappa shape index (κ2) is 5.74. The van der Waals surface area contributed by atoms with Crippen LogP contribution in [0.3, 0.4) is 0 Å². The minimum Gasteiger partial charge on any atom is -0.311 e. The van der Waals surface area contributed by atoms with Crippen molar-refractivity contribution in [2.45, 2.75) is 45.6 Å². The molecule has 0 atom stereocenters. The molecule has 3 heteroatoms. The van der Waals surface area contributed by atoms with Crippen molar-refractivity contribution in [3.05, 3.63) is 29.8 Å². The van der Waals surface area contributed by atoms with Gasteiger partial charge in [0.15, 0.2) is 0 Å². The molecule has 0 saturated heterocycles. The maximum atomic E-state index is 12.4. The third-order valence-electron chi connectivity index (χ3n) is 3.43. The van der Waals surface area contributed by atoms with Gasteiger partial charge in [0.2, 0.25) is 5.91 Å². The summed E-state index contributed by atoms with van der Waals surface area (Å²) >= 11 is 0. The number of rotatable bonds is 2. The molecular weight excluding hydrogens is 236 g/mol. The third kappa shape index (κ3) is 3.80. The number of hydrogen-bond donors (Lipinski definition) is 1. The van der Waals surface area contributed by atoms with E-state index in [-0.39, 0.29) is 11.4 Å². The maximum Gasteiger partial charge on any atom is 0.240 e. The van der Waals surface area contributed by atoms with Crippen LogP contribution in [0.1, 0.15) is 39.2 Å². The van der Waals surface area contributed by atoms with Crippen LogP contribution in [0.25, 0.3) is 0 Å². The van der Waals surface area contributed by atoms with Gasteiger partial charge in [0, 0.05) is 17.8 Å².